The summed E-state index contributed by atoms with van der Waals surface area (Å²) in [4.78, 5) is 0. The largest absolute Gasteiger partial charge is 0.493 e. The quantitative estimate of drug-likeness (QED) is 0.478. The zero-order valence-electron chi connectivity index (χ0n) is 16.0. The summed E-state index contributed by atoms with van der Waals surface area (Å²) in [6, 6.07) is 18.6. The Bertz CT molecular complexity index is 911. The van der Waals surface area contributed by atoms with Gasteiger partial charge in [0.15, 0.2) is 11.5 Å². The van der Waals surface area contributed by atoms with Crippen LogP contribution in [0.5, 0.6) is 11.5 Å². The lowest BCUT2D eigenvalue weighted by Gasteiger charge is -2.15. The number of halogens is 2. The molecule has 0 heterocycles. The molecule has 0 aliphatic heterocycles. The molecule has 3 aromatic rings. The van der Waals surface area contributed by atoms with Crippen LogP contribution in [0.25, 0.3) is 0 Å². The second kappa shape index (κ2) is 9.71. The highest BCUT2D eigenvalue weighted by Crippen LogP contribution is 2.34. The number of rotatable bonds is 8. The molecule has 0 spiro atoms. The van der Waals surface area contributed by atoms with Crippen LogP contribution >= 0.6 is 15.9 Å². The Labute approximate surface area is 173 Å². The van der Waals surface area contributed by atoms with Gasteiger partial charge in [-0.1, -0.05) is 57.9 Å². The second-order valence-electron chi connectivity index (χ2n) is 6.60. The Balaban J connectivity index is 1.63. The summed E-state index contributed by atoms with van der Waals surface area (Å²) in [6.45, 7) is 3.91. The number of hydrogen-bond donors (Lipinski definition) is 1. The van der Waals surface area contributed by atoms with Gasteiger partial charge in [-0.3, -0.25) is 0 Å². The van der Waals surface area contributed by atoms with Crippen molar-refractivity contribution in [3.8, 4) is 11.5 Å². The van der Waals surface area contributed by atoms with Crippen molar-refractivity contribution in [1.82, 2.24) is 5.32 Å². The lowest BCUT2D eigenvalue weighted by Crippen LogP contribution is -2.13. The van der Waals surface area contributed by atoms with E-state index in [-0.39, 0.29) is 5.82 Å². The van der Waals surface area contributed by atoms with Crippen LogP contribution in [0.15, 0.2) is 65.1 Å². The van der Waals surface area contributed by atoms with Gasteiger partial charge in [-0.05, 0) is 47.9 Å². The van der Waals surface area contributed by atoms with Gasteiger partial charge in [-0.25, -0.2) is 4.39 Å². The van der Waals surface area contributed by atoms with Crippen molar-refractivity contribution < 1.29 is 13.9 Å². The summed E-state index contributed by atoms with van der Waals surface area (Å²) >= 11 is 3.62. The van der Waals surface area contributed by atoms with Crippen molar-refractivity contribution in [2.75, 3.05) is 7.11 Å². The number of hydrogen-bond acceptors (Lipinski definition) is 3. The first-order valence-corrected chi connectivity index (χ1v) is 9.84. The number of nitrogens with one attached hydrogen (secondary N) is 1. The second-order valence-corrected chi connectivity index (χ2v) is 7.45. The molecule has 3 rings (SSSR count). The first-order chi connectivity index (χ1) is 13.5. The molecule has 1 N–H and O–H groups in total. The number of benzene rings is 3. The van der Waals surface area contributed by atoms with E-state index in [1.807, 2.05) is 12.1 Å². The van der Waals surface area contributed by atoms with Crippen molar-refractivity contribution in [1.29, 1.82) is 0 Å². The van der Waals surface area contributed by atoms with Gasteiger partial charge in [-0.2, -0.15) is 0 Å². The maximum Gasteiger partial charge on any atom is 0.162 e. The minimum absolute atomic E-state index is 0.258. The first-order valence-electron chi connectivity index (χ1n) is 9.05. The molecule has 0 fully saturated rings. The summed E-state index contributed by atoms with van der Waals surface area (Å²) < 4.78 is 25.3. The number of aryl methyl sites for hydroxylation is 1. The molecule has 0 aliphatic carbocycles. The third-order valence-corrected chi connectivity index (χ3v) is 5.14. The van der Waals surface area contributed by atoms with E-state index in [2.05, 4.69) is 52.4 Å². The lowest BCUT2D eigenvalue weighted by molar-refractivity contribution is 0.284. The Hall–Kier alpha value is -2.37. The van der Waals surface area contributed by atoms with Gasteiger partial charge >= 0.3 is 0 Å². The molecule has 0 aliphatic rings. The Morgan fingerprint density at radius 3 is 2.25 bits per heavy atom. The van der Waals surface area contributed by atoms with Gasteiger partial charge in [-0.15, -0.1) is 0 Å². The summed E-state index contributed by atoms with van der Waals surface area (Å²) in [5.41, 5.74) is 4.47. The molecule has 146 valence electrons. The number of methoxy groups -OCH3 is 1. The minimum Gasteiger partial charge on any atom is -0.493 e. The molecule has 0 aromatic heterocycles. The molecule has 0 saturated heterocycles. The highest BCUT2D eigenvalue weighted by molar-refractivity contribution is 9.10. The molecule has 0 bridgehead atoms. The van der Waals surface area contributed by atoms with Crippen LogP contribution in [0.4, 0.5) is 4.39 Å². The van der Waals surface area contributed by atoms with E-state index >= 15 is 0 Å². The molecule has 3 aromatic carbocycles. The maximum absolute atomic E-state index is 13.0. The fourth-order valence-electron chi connectivity index (χ4n) is 2.77. The lowest BCUT2D eigenvalue weighted by atomic mass is 10.1. The van der Waals surface area contributed by atoms with E-state index in [4.69, 9.17) is 9.47 Å². The van der Waals surface area contributed by atoms with Crippen molar-refractivity contribution >= 4 is 15.9 Å². The van der Waals surface area contributed by atoms with Crippen LogP contribution in [-0.2, 0) is 19.7 Å². The van der Waals surface area contributed by atoms with Crippen molar-refractivity contribution in [2.45, 2.75) is 26.6 Å². The van der Waals surface area contributed by atoms with Gasteiger partial charge in [0.05, 0.1) is 7.11 Å². The molecule has 0 amide bonds. The molecule has 28 heavy (non-hydrogen) atoms. The molecule has 0 radical (unpaired) electrons. The molecular weight excluding hydrogens is 421 g/mol. The van der Waals surface area contributed by atoms with Crippen LogP contribution in [0.3, 0.4) is 0 Å². The fourth-order valence-corrected chi connectivity index (χ4v) is 3.24. The summed E-state index contributed by atoms with van der Waals surface area (Å²) in [5, 5.41) is 3.45. The molecule has 5 heteroatoms. The van der Waals surface area contributed by atoms with Gasteiger partial charge in [0.2, 0.25) is 0 Å². The summed E-state index contributed by atoms with van der Waals surface area (Å²) in [7, 11) is 1.62. The normalized spacial score (nSPS) is 10.7. The molecular formula is C23H23BrFNO2. The zero-order valence-corrected chi connectivity index (χ0v) is 17.6. The van der Waals surface area contributed by atoms with E-state index in [1.54, 1.807) is 19.2 Å². The van der Waals surface area contributed by atoms with E-state index in [1.165, 1.54) is 23.3 Å². The van der Waals surface area contributed by atoms with Crippen LogP contribution in [0.1, 0.15) is 22.3 Å². The van der Waals surface area contributed by atoms with Crippen molar-refractivity contribution in [3.05, 3.63) is 93.2 Å². The Morgan fingerprint density at radius 1 is 0.893 bits per heavy atom. The van der Waals surface area contributed by atoms with Gasteiger partial charge in [0.25, 0.3) is 0 Å². The summed E-state index contributed by atoms with van der Waals surface area (Å²) in [5.74, 6) is 1.05. The van der Waals surface area contributed by atoms with Crippen LogP contribution < -0.4 is 14.8 Å². The average molecular weight is 444 g/mol. The first kappa shape index (κ1) is 20.4. The van der Waals surface area contributed by atoms with Gasteiger partial charge in [0.1, 0.15) is 12.4 Å². The summed E-state index contributed by atoms with van der Waals surface area (Å²) in [6.07, 6.45) is 0. The maximum atomic E-state index is 13.0. The van der Waals surface area contributed by atoms with Crippen LogP contribution in [-0.4, -0.2) is 7.11 Å². The van der Waals surface area contributed by atoms with Crippen molar-refractivity contribution in [3.63, 3.8) is 0 Å². The SMILES string of the molecule is COc1cc(CNCc2ccc(C)cc2)c(Br)cc1OCc1ccc(F)cc1. The number of ether oxygens (including phenoxy) is 2. The van der Waals surface area contributed by atoms with Crippen LogP contribution in [0.2, 0.25) is 0 Å². The molecule has 3 nitrogen and oxygen atoms in total. The Kier molecular flexibility index (Phi) is 7.06. The van der Waals surface area contributed by atoms with Crippen molar-refractivity contribution in [2.24, 2.45) is 0 Å². The van der Waals surface area contributed by atoms with E-state index in [0.29, 0.717) is 24.7 Å². The predicted molar refractivity (Wildman–Crippen MR) is 113 cm³/mol. The highest BCUT2D eigenvalue weighted by Gasteiger charge is 2.11. The minimum atomic E-state index is -0.258. The zero-order chi connectivity index (χ0) is 19.9. The highest BCUT2D eigenvalue weighted by atomic mass is 79.9. The van der Waals surface area contributed by atoms with E-state index in [9.17, 15) is 4.39 Å². The predicted octanol–water partition coefficient (Wildman–Crippen LogP) is 5.77. The third kappa shape index (κ3) is 5.57. The van der Waals surface area contributed by atoms with Crippen LogP contribution in [0, 0.1) is 12.7 Å². The average Bonchev–Trinajstić information content (AvgIpc) is 2.70. The molecule has 0 atom stereocenters. The fraction of sp³-hybridized carbons (Fsp3) is 0.217. The van der Waals surface area contributed by atoms with E-state index in [0.717, 1.165) is 22.1 Å². The Morgan fingerprint density at radius 2 is 1.57 bits per heavy atom. The van der Waals surface area contributed by atoms with E-state index < -0.39 is 0 Å². The molecule has 0 saturated carbocycles. The van der Waals surface area contributed by atoms with Gasteiger partial charge in [0, 0.05) is 17.6 Å². The monoisotopic (exact) mass is 443 g/mol. The topological polar surface area (TPSA) is 30.5 Å². The van der Waals surface area contributed by atoms with Gasteiger partial charge < -0.3 is 14.8 Å². The standard InChI is InChI=1S/C23H23BrFNO2/c1-16-3-5-17(6-4-16)13-26-14-19-11-22(27-2)23(12-21(19)24)28-15-18-7-9-20(25)10-8-18/h3-12,26H,13-15H2,1-2H3. The third-order valence-electron chi connectivity index (χ3n) is 4.41. The molecule has 0 unspecified atom stereocenters. The smallest absolute Gasteiger partial charge is 0.162 e.